The summed E-state index contributed by atoms with van der Waals surface area (Å²) in [6.45, 7) is 0.474. The van der Waals surface area contributed by atoms with Crippen LogP contribution in [-0.2, 0) is 6.42 Å². The average molecular weight is 447 g/mol. The van der Waals surface area contributed by atoms with E-state index in [0.29, 0.717) is 40.9 Å². The number of nitrogens with one attached hydrogen (secondary N) is 3. The van der Waals surface area contributed by atoms with Gasteiger partial charge in [-0.2, -0.15) is 0 Å². The highest BCUT2D eigenvalue weighted by molar-refractivity contribution is 6.31. The molecular weight excluding hydrogens is 424 g/mol. The molecule has 0 aliphatic heterocycles. The van der Waals surface area contributed by atoms with Crippen molar-refractivity contribution in [2.24, 2.45) is 4.99 Å². The number of fused-ring (bicyclic) bond motifs is 1. The Balaban J connectivity index is 1.56. The van der Waals surface area contributed by atoms with E-state index in [1.165, 1.54) is 10.9 Å². The van der Waals surface area contributed by atoms with Gasteiger partial charge < -0.3 is 15.0 Å². The standard InChI is InChI=1S/C25H23ClN4O2/c1-32-23-12-11-19(26)15-22(23)29-25(30-24(31)17-7-3-2-4-8-17)27-14-13-18-16-28-21-10-6-5-9-20(18)21/h2-12,15-16,28H,13-14H2,1H3,(H2,27,29,30,31). The van der Waals surface area contributed by atoms with Crippen LogP contribution >= 0.6 is 11.6 Å². The van der Waals surface area contributed by atoms with Crippen molar-refractivity contribution in [3.63, 3.8) is 0 Å². The number of guanidine groups is 1. The second-order valence-electron chi connectivity index (χ2n) is 7.13. The number of carbonyl (C=O) groups excluding carboxylic acids is 1. The van der Waals surface area contributed by atoms with Crippen LogP contribution in [0.3, 0.4) is 0 Å². The molecule has 1 amide bonds. The summed E-state index contributed by atoms with van der Waals surface area (Å²) in [5.74, 6) is 0.650. The van der Waals surface area contributed by atoms with Gasteiger partial charge in [0.2, 0.25) is 5.96 Å². The highest BCUT2D eigenvalue weighted by atomic mass is 35.5. The Bertz CT molecular complexity index is 1250. The van der Waals surface area contributed by atoms with Crippen molar-refractivity contribution in [1.29, 1.82) is 0 Å². The van der Waals surface area contributed by atoms with Crippen LogP contribution in [0.25, 0.3) is 10.9 Å². The van der Waals surface area contributed by atoms with E-state index in [1.807, 2.05) is 42.6 Å². The van der Waals surface area contributed by atoms with Crippen molar-refractivity contribution >= 4 is 40.1 Å². The molecule has 0 aliphatic rings. The number of hydrogen-bond acceptors (Lipinski definition) is 3. The Hall–Kier alpha value is -3.77. The molecule has 4 rings (SSSR count). The fourth-order valence-corrected chi connectivity index (χ4v) is 3.58. The van der Waals surface area contributed by atoms with Crippen molar-refractivity contribution in [2.45, 2.75) is 6.42 Å². The SMILES string of the molecule is COc1ccc(Cl)cc1NC(=NCCc1c[nH]c2ccccc12)NC(=O)c1ccccc1. The van der Waals surface area contributed by atoms with Gasteiger partial charge in [0.15, 0.2) is 0 Å². The molecule has 6 nitrogen and oxygen atoms in total. The van der Waals surface area contributed by atoms with Gasteiger partial charge in [0, 0.05) is 34.2 Å². The summed E-state index contributed by atoms with van der Waals surface area (Å²) in [6.07, 6.45) is 2.71. The highest BCUT2D eigenvalue weighted by Gasteiger charge is 2.12. The lowest BCUT2D eigenvalue weighted by atomic mass is 10.1. The van der Waals surface area contributed by atoms with E-state index in [-0.39, 0.29) is 5.91 Å². The van der Waals surface area contributed by atoms with Crippen LogP contribution in [0.2, 0.25) is 5.02 Å². The summed E-state index contributed by atoms with van der Waals surface area (Å²) in [7, 11) is 1.57. The Kier molecular flexibility index (Phi) is 6.72. The first kappa shape index (κ1) is 21.5. The van der Waals surface area contributed by atoms with Crippen molar-refractivity contribution in [3.05, 3.63) is 95.1 Å². The Labute approximate surface area is 191 Å². The quantitative estimate of drug-likeness (QED) is 0.279. The number of ether oxygens (including phenoxy) is 1. The monoisotopic (exact) mass is 446 g/mol. The number of halogens is 1. The van der Waals surface area contributed by atoms with E-state index < -0.39 is 0 Å². The van der Waals surface area contributed by atoms with Gasteiger partial charge in [-0.05, 0) is 48.4 Å². The number of aromatic nitrogens is 1. The zero-order valence-corrected chi connectivity index (χ0v) is 18.3. The number of rotatable bonds is 6. The number of aliphatic imine (C=N–C) groups is 1. The molecular formula is C25H23ClN4O2. The number of H-pyrrole nitrogens is 1. The summed E-state index contributed by atoms with van der Waals surface area (Å²) in [4.78, 5) is 20.6. The zero-order valence-electron chi connectivity index (χ0n) is 17.6. The highest BCUT2D eigenvalue weighted by Crippen LogP contribution is 2.27. The lowest BCUT2D eigenvalue weighted by Gasteiger charge is -2.15. The number of benzene rings is 3. The van der Waals surface area contributed by atoms with Crippen LogP contribution in [0.1, 0.15) is 15.9 Å². The van der Waals surface area contributed by atoms with Crippen molar-refractivity contribution in [2.75, 3.05) is 19.0 Å². The molecule has 0 aliphatic carbocycles. The van der Waals surface area contributed by atoms with Gasteiger partial charge in [-0.1, -0.05) is 48.0 Å². The molecule has 0 spiro atoms. The molecule has 3 N–H and O–H groups in total. The molecule has 3 aromatic carbocycles. The van der Waals surface area contributed by atoms with Gasteiger partial charge in [-0.15, -0.1) is 0 Å². The normalized spacial score (nSPS) is 11.4. The molecule has 0 atom stereocenters. The van der Waals surface area contributed by atoms with Crippen molar-refractivity contribution in [1.82, 2.24) is 10.3 Å². The minimum absolute atomic E-state index is 0.259. The van der Waals surface area contributed by atoms with Crippen LogP contribution in [-0.4, -0.2) is 30.5 Å². The molecule has 0 fully saturated rings. The maximum atomic E-state index is 12.7. The molecule has 4 aromatic rings. The maximum Gasteiger partial charge on any atom is 0.257 e. The van der Waals surface area contributed by atoms with Crippen LogP contribution < -0.4 is 15.4 Å². The van der Waals surface area contributed by atoms with Gasteiger partial charge >= 0.3 is 0 Å². The summed E-state index contributed by atoms with van der Waals surface area (Å²) >= 11 is 6.16. The second-order valence-corrected chi connectivity index (χ2v) is 7.57. The lowest BCUT2D eigenvalue weighted by molar-refractivity contribution is 0.0977. The molecule has 162 valence electrons. The van der Waals surface area contributed by atoms with E-state index >= 15 is 0 Å². The Morgan fingerprint density at radius 3 is 2.66 bits per heavy atom. The Morgan fingerprint density at radius 2 is 1.84 bits per heavy atom. The topological polar surface area (TPSA) is 78.5 Å². The predicted molar refractivity (Wildman–Crippen MR) is 130 cm³/mol. The molecule has 0 bridgehead atoms. The number of hydrogen-bond donors (Lipinski definition) is 3. The third-order valence-corrected chi connectivity index (χ3v) is 5.24. The summed E-state index contributed by atoms with van der Waals surface area (Å²) < 4.78 is 5.41. The maximum absolute atomic E-state index is 12.7. The molecule has 0 saturated carbocycles. The van der Waals surface area contributed by atoms with Crippen LogP contribution in [0.4, 0.5) is 5.69 Å². The average Bonchev–Trinajstić information content (AvgIpc) is 3.23. The molecule has 1 aromatic heterocycles. The molecule has 0 radical (unpaired) electrons. The van der Waals surface area contributed by atoms with Crippen LogP contribution in [0.15, 0.2) is 84.0 Å². The van der Waals surface area contributed by atoms with Crippen molar-refractivity contribution in [3.8, 4) is 5.75 Å². The zero-order chi connectivity index (χ0) is 22.3. The number of aromatic amines is 1. The molecule has 0 saturated heterocycles. The summed E-state index contributed by atoms with van der Waals surface area (Å²) in [6, 6.07) is 22.4. The molecule has 1 heterocycles. The van der Waals surface area contributed by atoms with E-state index in [9.17, 15) is 4.79 Å². The number of para-hydroxylation sites is 1. The third kappa shape index (κ3) is 5.10. The minimum Gasteiger partial charge on any atom is -0.495 e. The van der Waals surface area contributed by atoms with Gasteiger partial charge in [0.1, 0.15) is 5.75 Å². The van der Waals surface area contributed by atoms with Crippen LogP contribution in [0.5, 0.6) is 5.75 Å². The van der Waals surface area contributed by atoms with Gasteiger partial charge in [0.05, 0.1) is 12.8 Å². The van der Waals surface area contributed by atoms with E-state index in [4.69, 9.17) is 16.3 Å². The van der Waals surface area contributed by atoms with Crippen LogP contribution in [0, 0.1) is 0 Å². The second kappa shape index (κ2) is 10.0. The fourth-order valence-electron chi connectivity index (χ4n) is 3.41. The van der Waals surface area contributed by atoms with Gasteiger partial charge in [0.25, 0.3) is 5.91 Å². The minimum atomic E-state index is -0.259. The van der Waals surface area contributed by atoms with E-state index in [0.717, 1.165) is 5.52 Å². The van der Waals surface area contributed by atoms with E-state index in [2.05, 4.69) is 26.7 Å². The predicted octanol–water partition coefficient (Wildman–Crippen LogP) is 5.27. The molecule has 32 heavy (non-hydrogen) atoms. The lowest BCUT2D eigenvalue weighted by Crippen LogP contribution is -2.36. The first-order valence-electron chi connectivity index (χ1n) is 10.2. The largest absolute Gasteiger partial charge is 0.495 e. The molecule has 0 unspecified atom stereocenters. The van der Waals surface area contributed by atoms with E-state index in [1.54, 1.807) is 37.4 Å². The number of methoxy groups -OCH3 is 1. The van der Waals surface area contributed by atoms with Crippen molar-refractivity contribution < 1.29 is 9.53 Å². The summed E-state index contributed by atoms with van der Waals surface area (Å²) in [5.41, 5.74) is 3.40. The van der Waals surface area contributed by atoms with Gasteiger partial charge in [-0.3, -0.25) is 15.1 Å². The number of nitrogens with zero attached hydrogens (tertiary/aromatic N) is 1. The van der Waals surface area contributed by atoms with Gasteiger partial charge in [-0.25, -0.2) is 0 Å². The summed E-state index contributed by atoms with van der Waals surface area (Å²) in [5, 5.41) is 7.73. The number of anilines is 1. The number of amides is 1. The molecule has 7 heteroatoms. The Morgan fingerprint density at radius 1 is 1.06 bits per heavy atom. The first-order chi connectivity index (χ1) is 15.6. The first-order valence-corrected chi connectivity index (χ1v) is 10.6. The third-order valence-electron chi connectivity index (χ3n) is 5.01. The number of carbonyl (C=O) groups is 1. The smallest absolute Gasteiger partial charge is 0.257 e. The fraction of sp³-hybridized carbons (Fsp3) is 0.120.